The van der Waals surface area contributed by atoms with Crippen LogP contribution in [0.2, 0.25) is 0 Å². The third-order valence-electron chi connectivity index (χ3n) is 4.74. The van der Waals surface area contributed by atoms with Crippen LogP contribution >= 0.6 is 0 Å². The second-order valence-corrected chi connectivity index (χ2v) is 6.23. The first-order valence-electron chi connectivity index (χ1n) is 7.71. The Morgan fingerprint density at radius 1 is 0.957 bits per heavy atom. The number of ether oxygens (including phenoxy) is 1. The standard InChI is InChI=1S/C20H16O3/c1-20(13-5-3-2-4-6-13)12-11-15-14-7-9-17(21)19(22)16(14)8-10-18(15)23-20/h2-12,14,16H,1H3. The molecule has 3 atom stereocenters. The van der Waals surface area contributed by atoms with Gasteiger partial charge >= 0.3 is 0 Å². The van der Waals surface area contributed by atoms with Gasteiger partial charge in [0.05, 0.1) is 5.92 Å². The van der Waals surface area contributed by atoms with E-state index in [0.29, 0.717) is 0 Å². The van der Waals surface area contributed by atoms with Crippen molar-refractivity contribution in [2.24, 2.45) is 11.8 Å². The smallest absolute Gasteiger partial charge is 0.221 e. The van der Waals surface area contributed by atoms with Gasteiger partial charge < -0.3 is 4.74 Å². The average Bonchev–Trinajstić information content (AvgIpc) is 2.58. The van der Waals surface area contributed by atoms with Crippen molar-refractivity contribution in [3.05, 3.63) is 83.7 Å². The van der Waals surface area contributed by atoms with E-state index in [9.17, 15) is 9.59 Å². The lowest BCUT2D eigenvalue weighted by molar-refractivity contribution is -0.136. The molecule has 0 amide bonds. The molecule has 3 aliphatic rings. The van der Waals surface area contributed by atoms with E-state index in [-0.39, 0.29) is 11.7 Å². The molecule has 1 aromatic rings. The Hall–Kier alpha value is -2.68. The fourth-order valence-corrected chi connectivity index (χ4v) is 3.40. The molecule has 0 saturated heterocycles. The molecule has 3 unspecified atom stereocenters. The summed E-state index contributed by atoms with van der Waals surface area (Å²) in [6.07, 6.45) is 10.9. The number of Topliss-reactive ketones (excluding diaryl/α,β-unsaturated/α-hetero) is 1. The van der Waals surface area contributed by atoms with Crippen molar-refractivity contribution >= 4 is 11.6 Å². The molecule has 1 heterocycles. The minimum atomic E-state index is -0.532. The Morgan fingerprint density at radius 2 is 1.70 bits per heavy atom. The number of allylic oxidation sites excluding steroid dienone is 6. The van der Waals surface area contributed by atoms with Crippen LogP contribution in [-0.4, -0.2) is 11.6 Å². The predicted octanol–water partition coefficient (Wildman–Crippen LogP) is 3.25. The van der Waals surface area contributed by atoms with Crippen LogP contribution < -0.4 is 0 Å². The number of benzene rings is 1. The Bertz CT molecular complexity index is 811. The number of hydrogen-bond acceptors (Lipinski definition) is 3. The Morgan fingerprint density at radius 3 is 2.48 bits per heavy atom. The number of carbonyl (C=O) groups is 2. The van der Waals surface area contributed by atoms with E-state index in [4.69, 9.17) is 4.74 Å². The maximum Gasteiger partial charge on any atom is 0.221 e. The van der Waals surface area contributed by atoms with Gasteiger partial charge in [0.15, 0.2) is 0 Å². The van der Waals surface area contributed by atoms with Gasteiger partial charge in [-0.1, -0.05) is 48.6 Å². The number of rotatable bonds is 1. The topological polar surface area (TPSA) is 43.4 Å². The third kappa shape index (κ3) is 2.12. The van der Waals surface area contributed by atoms with Crippen LogP contribution in [0.4, 0.5) is 0 Å². The number of fused-ring (bicyclic) bond motifs is 2. The Balaban J connectivity index is 1.71. The lowest BCUT2D eigenvalue weighted by Crippen LogP contribution is -2.35. The van der Waals surface area contributed by atoms with Crippen LogP contribution in [0.15, 0.2) is 78.1 Å². The van der Waals surface area contributed by atoms with E-state index in [1.807, 2.05) is 61.6 Å². The van der Waals surface area contributed by atoms with Crippen molar-refractivity contribution in [1.82, 2.24) is 0 Å². The van der Waals surface area contributed by atoms with E-state index < -0.39 is 17.3 Å². The summed E-state index contributed by atoms with van der Waals surface area (Å²) in [7, 11) is 0. The van der Waals surface area contributed by atoms with E-state index in [1.165, 1.54) is 6.08 Å². The summed E-state index contributed by atoms with van der Waals surface area (Å²) in [4.78, 5) is 23.6. The molecular formula is C20H16O3. The number of carbonyl (C=O) groups excluding carboxylic acids is 2. The summed E-state index contributed by atoms with van der Waals surface area (Å²) >= 11 is 0. The minimum Gasteiger partial charge on any atom is -0.478 e. The zero-order valence-electron chi connectivity index (χ0n) is 12.7. The molecule has 1 aliphatic heterocycles. The van der Waals surface area contributed by atoms with E-state index in [1.54, 1.807) is 6.08 Å². The fraction of sp³-hybridized carbons (Fsp3) is 0.200. The van der Waals surface area contributed by atoms with E-state index in [2.05, 4.69) is 0 Å². The molecule has 0 fully saturated rings. The molecule has 4 rings (SSSR count). The van der Waals surface area contributed by atoms with Crippen LogP contribution in [0.5, 0.6) is 0 Å². The molecule has 2 aliphatic carbocycles. The van der Waals surface area contributed by atoms with Crippen molar-refractivity contribution in [2.75, 3.05) is 0 Å². The highest BCUT2D eigenvalue weighted by molar-refractivity contribution is 6.43. The summed E-state index contributed by atoms with van der Waals surface area (Å²) in [5.74, 6) is -0.510. The normalized spacial score (nSPS) is 31.7. The van der Waals surface area contributed by atoms with Gasteiger partial charge in [0.1, 0.15) is 11.4 Å². The second-order valence-electron chi connectivity index (χ2n) is 6.23. The Labute approximate surface area is 134 Å². The SMILES string of the molecule is CC1(c2ccccc2)C=CC2=C(C=CC3C(=O)C(=O)C=CC23)O1. The summed E-state index contributed by atoms with van der Waals surface area (Å²) in [5.41, 5.74) is 1.50. The zero-order valence-corrected chi connectivity index (χ0v) is 12.7. The first-order chi connectivity index (χ1) is 11.1. The van der Waals surface area contributed by atoms with Gasteiger partial charge in [-0.3, -0.25) is 9.59 Å². The van der Waals surface area contributed by atoms with Crippen molar-refractivity contribution in [2.45, 2.75) is 12.5 Å². The summed E-state index contributed by atoms with van der Waals surface area (Å²) in [5, 5.41) is 0. The van der Waals surface area contributed by atoms with Crippen LogP contribution in [0, 0.1) is 11.8 Å². The summed E-state index contributed by atoms with van der Waals surface area (Å²) in [6.45, 7) is 2.02. The zero-order chi connectivity index (χ0) is 16.0. The monoisotopic (exact) mass is 304 g/mol. The van der Waals surface area contributed by atoms with Gasteiger partial charge in [-0.25, -0.2) is 0 Å². The van der Waals surface area contributed by atoms with Crippen LogP contribution in [0.25, 0.3) is 0 Å². The molecule has 0 bridgehead atoms. The van der Waals surface area contributed by atoms with Gasteiger partial charge in [0.25, 0.3) is 0 Å². The molecule has 114 valence electrons. The first-order valence-corrected chi connectivity index (χ1v) is 7.71. The highest BCUT2D eigenvalue weighted by atomic mass is 16.5. The Kier molecular flexibility index (Phi) is 2.98. The average molecular weight is 304 g/mol. The third-order valence-corrected chi connectivity index (χ3v) is 4.74. The maximum atomic E-state index is 12.0. The van der Waals surface area contributed by atoms with E-state index in [0.717, 1.165) is 16.9 Å². The van der Waals surface area contributed by atoms with Crippen LogP contribution in [0.3, 0.4) is 0 Å². The molecule has 0 spiro atoms. The van der Waals surface area contributed by atoms with Crippen molar-refractivity contribution in [1.29, 1.82) is 0 Å². The minimum absolute atomic E-state index is 0.114. The van der Waals surface area contributed by atoms with Gasteiger partial charge in [0.2, 0.25) is 11.6 Å². The predicted molar refractivity (Wildman–Crippen MR) is 86.3 cm³/mol. The van der Waals surface area contributed by atoms with E-state index >= 15 is 0 Å². The van der Waals surface area contributed by atoms with Crippen molar-refractivity contribution in [3.63, 3.8) is 0 Å². The van der Waals surface area contributed by atoms with Crippen LogP contribution in [0.1, 0.15) is 12.5 Å². The largest absolute Gasteiger partial charge is 0.478 e. The lowest BCUT2D eigenvalue weighted by Gasteiger charge is -2.37. The van der Waals surface area contributed by atoms with Gasteiger partial charge in [-0.2, -0.15) is 0 Å². The molecule has 3 heteroatoms. The van der Waals surface area contributed by atoms with Gasteiger partial charge in [-0.15, -0.1) is 0 Å². The number of hydrogen-bond donors (Lipinski definition) is 0. The molecular weight excluding hydrogens is 288 g/mol. The lowest BCUT2D eigenvalue weighted by atomic mass is 9.73. The van der Waals surface area contributed by atoms with Crippen molar-refractivity contribution in [3.8, 4) is 0 Å². The van der Waals surface area contributed by atoms with Crippen molar-refractivity contribution < 1.29 is 14.3 Å². The molecule has 0 N–H and O–H groups in total. The second kappa shape index (κ2) is 4.92. The van der Waals surface area contributed by atoms with Gasteiger partial charge in [-0.05, 0) is 30.7 Å². The molecule has 0 saturated carbocycles. The summed E-state index contributed by atoms with van der Waals surface area (Å²) in [6, 6.07) is 10.0. The molecule has 0 aromatic heterocycles. The number of ketones is 2. The highest BCUT2D eigenvalue weighted by Crippen LogP contribution is 2.42. The molecule has 3 nitrogen and oxygen atoms in total. The van der Waals surface area contributed by atoms with Gasteiger partial charge in [0, 0.05) is 11.5 Å². The van der Waals surface area contributed by atoms with Crippen LogP contribution in [-0.2, 0) is 19.9 Å². The maximum absolute atomic E-state index is 12.0. The molecule has 1 aromatic carbocycles. The quantitative estimate of drug-likeness (QED) is 0.748. The first kappa shape index (κ1) is 13.9. The summed E-state index contributed by atoms with van der Waals surface area (Å²) < 4.78 is 6.25. The highest BCUT2D eigenvalue weighted by Gasteiger charge is 2.40. The fourth-order valence-electron chi connectivity index (χ4n) is 3.40. The molecule has 0 radical (unpaired) electrons. The molecule has 23 heavy (non-hydrogen) atoms.